The van der Waals surface area contributed by atoms with Crippen molar-refractivity contribution in [3.8, 4) is 0 Å². The standard InChI is InChI=1S/C29H32N4O/c34-29(25-14-15-28-26(17-25)18-30-32-28)31-27-13-7-12-24(16-27)21-33(19-22-8-3-1-4-9-22)20-23-10-5-2-6-11-23/h1-6,8-11,14-15,17-18,24,27H,7,12-13,16,19-21H2,(H,30,32)(H,31,34). The van der Waals surface area contributed by atoms with Crippen LogP contribution in [0.5, 0.6) is 0 Å². The summed E-state index contributed by atoms with van der Waals surface area (Å²) in [5, 5.41) is 11.3. The molecule has 1 heterocycles. The maximum atomic E-state index is 12.9. The summed E-state index contributed by atoms with van der Waals surface area (Å²) in [4.78, 5) is 15.5. The number of rotatable bonds is 8. The average molecular weight is 453 g/mol. The molecule has 2 atom stereocenters. The van der Waals surface area contributed by atoms with Gasteiger partial charge in [-0.3, -0.25) is 14.8 Å². The number of nitrogens with one attached hydrogen (secondary N) is 2. The number of hydrogen-bond acceptors (Lipinski definition) is 3. The molecule has 2 unspecified atom stereocenters. The van der Waals surface area contributed by atoms with Gasteiger partial charge in [-0.15, -0.1) is 0 Å². The number of benzene rings is 3. The Morgan fingerprint density at radius 1 is 0.941 bits per heavy atom. The van der Waals surface area contributed by atoms with Gasteiger partial charge in [-0.25, -0.2) is 0 Å². The molecule has 5 rings (SSSR count). The molecular weight excluding hydrogens is 420 g/mol. The van der Waals surface area contributed by atoms with Crippen molar-refractivity contribution < 1.29 is 4.79 Å². The van der Waals surface area contributed by atoms with E-state index in [1.165, 1.54) is 17.5 Å². The first-order valence-corrected chi connectivity index (χ1v) is 12.3. The lowest BCUT2D eigenvalue weighted by molar-refractivity contribution is 0.0910. The highest BCUT2D eigenvalue weighted by molar-refractivity contribution is 5.98. The summed E-state index contributed by atoms with van der Waals surface area (Å²) in [5.41, 5.74) is 4.33. The summed E-state index contributed by atoms with van der Waals surface area (Å²) in [5.74, 6) is 0.585. The number of fused-ring (bicyclic) bond motifs is 1. The molecule has 34 heavy (non-hydrogen) atoms. The molecule has 0 spiro atoms. The molecule has 1 aliphatic carbocycles. The third kappa shape index (κ3) is 5.72. The molecule has 1 saturated carbocycles. The van der Waals surface area contributed by atoms with Crippen molar-refractivity contribution >= 4 is 16.8 Å². The van der Waals surface area contributed by atoms with E-state index in [4.69, 9.17) is 0 Å². The second-order valence-corrected chi connectivity index (χ2v) is 9.52. The largest absolute Gasteiger partial charge is 0.349 e. The number of carbonyl (C=O) groups is 1. The topological polar surface area (TPSA) is 61.0 Å². The number of amides is 1. The Morgan fingerprint density at radius 3 is 2.35 bits per heavy atom. The van der Waals surface area contributed by atoms with Crippen molar-refractivity contribution in [3.05, 3.63) is 102 Å². The molecule has 0 radical (unpaired) electrons. The molecule has 0 aliphatic heterocycles. The van der Waals surface area contributed by atoms with E-state index in [9.17, 15) is 4.79 Å². The van der Waals surface area contributed by atoms with Crippen LogP contribution in [-0.4, -0.2) is 33.6 Å². The highest BCUT2D eigenvalue weighted by Gasteiger charge is 2.25. The zero-order valence-electron chi connectivity index (χ0n) is 19.5. The molecule has 5 heteroatoms. The summed E-state index contributed by atoms with van der Waals surface area (Å²) in [7, 11) is 0. The lowest BCUT2D eigenvalue weighted by Crippen LogP contribution is -2.41. The first-order chi connectivity index (χ1) is 16.7. The van der Waals surface area contributed by atoms with Gasteiger partial charge in [0, 0.05) is 36.6 Å². The Bertz CT molecular complexity index is 1160. The monoisotopic (exact) mass is 452 g/mol. The Hall–Kier alpha value is -3.44. The first-order valence-electron chi connectivity index (χ1n) is 12.3. The van der Waals surface area contributed by atoms with Gasteiger partial charge in [-0.05, 0) is 54.5 Å². The summed E-state index contributed by atoms with van der Waals surface area (Å²) >= 11 is 0. The quantitative estimate of drug-likeness (QED) is 0.368. The van der Waals surface area contributed by atoms with Crippen LogP contribution in [0.2, 0.25) is 0 Å². The second-order valence-electron chi connectivity index (χ2n) is 9.52. The zero-order chi connectivity index (χ0) is 23.2. The summed E-state index contributed by atoms with van der Waals surface area (Å²) in [6.45, 7) is 2.92. The van der Waals surface area contributed by atoms with Crippen LogP contribution in [0.1, 0.15) is 47.2 Å². The van der Waals surface area contributed by atoms with Gasteiger partial charge in [-0.2, -0.15) is 5.10 Å². The van der Waals surface area contributed by atoms with Crippen LogP contribution in [0.15, 0.2) is 85.1 Å². The molecule has 2 N–H and O–H groups in total. The summed E-state index contributed by atoms with van der Waals surface area (Å²) in [6.07, 6.45) is 6.21. The number of nitrogens with zero attached hydrogens (tertiary/aromatic N) is 2. The third-order valence-electron chi connectivity index (χ3n) is 6.83. The number of hydrogen-bond donors (Lipinski definition) is 2. The van der Waals surface area contributed by atoms with Crippen LogP contribution in [0.3, 0.4) is 0 Å². The smallest absolute Gasteiger partial charge is 0.251 e. The second kappa shape index (κ2) is 10.7. The maximum Gasteiger partial charge on any atom is 0.251 e. The van der Waals surface area contributed by atoms with E-state index in [2.05, 4.69) is 81.1 Å². The number of aromatic nitrogens is 2. The van der Waals surface area contributed by atoms with Crippen LogP contribution in [0, 0.1) is 5.92 Å². The SMILES string of the molecule is O=C(NC1CCCC(CN(Cc2ccccc2)Cc2ccccc2)C1)c1ccc2[nH]ncc2c1. The molecule has 3 aromatic carbocycles. The van der Waals surface area contributed by atoms with E-state index in [0.29, 0.717) is 11.5 Å². The third-order valence-corrected chi connectivity index (χ3v) is 6.83. The molecule has 1 aliphatic rings. The van der Waals surface area contributed by atoms with Gasteiger partial charge >= 0.3 is 0 Å². The predicted molar refractivity (Wildman–Crippen MR) is 136 cm³/mol. The minimum Gasteiger partial charge on any atom is -0.349 e. The van der Waals surface area contributed by atoms with Gasteiger partial charge in [0.15, 0.2) is 0 Å². The summed E-state index contributed by atoms with van der Waals surface area (Å²) < 4.78 is 0. The molecule has 1 amide bonds. The number of aromatic amines is 1. The fraction of sp³-hybridized carbons (Fsp3) is 0.310. The van der Waals surface area contributed by atoms with E-state index in [0.717, 1.165) is 49.8 Å². The minimum atomic E-state index is 0.0131. The van der Waals surface area contributed by atoms with Crippen LogP contribution in [0.25, 0.3) is 10.9 Å². The molecule has 0 bridgehead atoms. The highest BCUT2D eigenvalue weighted by atomic mass is 16.1. The Balaban J connectivity index is 1.23. The highest BCUT2D eigenvalue weighted by Crippen LogP contribution is 2.27. The van der Waals surface area contributed by atoms with Gasteiger partial charge in [0.2, 0.25) is 0 Å². The zero-order valence-corrected chi connectivity index (χ0v) is 19.5. The van der Waals surface area contributed by atoms with Crippen molar-refractivity contribution in [2.45, 2.75) is 44.8 Å². The van der Waals surface area contributed by atoms with Crippen molar-refractivity contribution in [1.82, 2.24) is 20.4 Å². The van der Waals surface area contributed by atoms with Gasteiger partial charge < -0.3 is 5.32 Å². The lowest BCUT2D eigenvalue weighted by Gasteiger charge is -2.34. The van der Waals surface area contributed by atoms with E-state index >= 15 is 0 Å². The van der Waals surface area contributed by atoms with Crippen LogP contribution in [0.4, 0.5) is 0 Å². The lowest BCUT2D eigenvalue weighted by atomic mass is 9.85. The van der Waals surface area contributed by atoms with Crippen molar-refractivity contribution in [3.63, 3.8) is 0 Å². The molecule has 1 fully saturated rings. The average Bonchev–Trinajstić information content (AvgIpc) is 3.33. The molecule has 1 aromatic heterocycles. The fourth-order valence-electron chi connectivity index (χ4n) is 5.17. The Kier molecular flexibility index (Phi) is 7.01. The van der Waals surface area contributed by atoms with Crippen molar-refractivity contribution in [2.24, 2.45) is 5.92 Å². The number of H-pyrrole nitrogens is 1. The molecule has 174 valence electrons. The maximum absolute atomic E-state index is 12.9. The molecule has 0 saturated heterocycles. The van der Waals surface area contributed by atoms with Crippen molar-refractivity contribution in [1.29, 1.82) is 0 Å². The Labute approximate surface area is 201 Å². The van der Waals surface area contributed by atoms with Gasteiger partial charge in [0.1, 0.15) is 0 Å². The van der Waals surface area contributed by atoms with Crippen LogP contribution < -0.4 is 5.32 Å². The van der Waals surface area contributed by atoms with E-state index in [-0.39, 0.29) is 11.9 Å². The normalized spacial score (nSPS) is 18.3. The van der Waals surface area contributed by atoms with E-state index in [1.54, 1.807) is 6.20 Å². The minimum absolute atomic E-state index is 0.0131. The molecular formula is C29H32N4O. The van der Waals surface area contributed by atoms with Gasteiger partial charge in [0.05, 0.1) is 11.7 Å². The molecule has 4 aromatic rings. The van der Waals surface area contributed by atoms with E-state index in [1.807, 2.05) is 18.2 Å². The predicted octanol–water partition coefficient (Wildman–Crippen LogP) is 5.55. The first kappa shape index (κ1) is 22.4. The van der Waals surface area contributed by atoms with E-state index < -0.39 is 0 Å². The summed E-state index contributed by atoms with van der Waals surface area (Å²) in [6, 6.07) is 27.4. The fourth-order valence-corrected chi connectivity index (χ4v) is 5.17. The number of carbonyl (C=O) groups excluding carboxylic acids is 1. The van der Waals surface area contributed by atoms with Gasteiger partial charge in [0.25, 0.3) is 5.91 Å². The van der Waals surface area contributed by atoms with Crippen LogP contribution in [-0.2, 0) is 13.1 Å². The van der Waals surface area contributed by atoms with Crippen molar-refractivity contribution in [2.75, 3.05) is 6.54 Å². The molecule has 5 nitrogen and oxygen atoms in total. The van der Waals surface area contributed by atoms with Crippen LogP contribution >= 0.6 is 0 Å². The van der Waals surface area contributed by atoms with Gasteiger partial charge in [-0.1, -0.05) is 67.1 Å². The Morgan fingerprint density at radius 2 is 1.65 bits per heavy atom.